The third-order valence-corrected chi connectivity index (χ3v) is 2.99. The SMILES string of the molecule is CCOc1cc2c(cc1CCN)CCC2. The van der Waals surface area contributed by atoms with Crippen molar-refractivity contribution < 1.29 is 4.74 Å². The maximum Gasteiger partial charge on any atom is 0.122 e. The van der Waals surface area contributed by atoms with Crippen LogP contribution in [0.15, 0.2) is 12.1 Å². The zero-order valence-electron chi connectivity index (χ0n) is 9.38. The molecule has 0 fully saturated rings. The minimum atomic E-state index is 0.693. The number of hydrogen-bond acceptors (Lipinski definition) is 2. The summed E-state index contributed by atoms with van der Waals surface area (Å²) < 4.78 is 5.66. The summed E-state index contributed by atoms with van der Waals surface area (Å²) in [6.07, 6.45) is 4.63. The van der Waals surface area contributed by atoms with E-state index in [1.807, 2.05) is 6.92 Å². The first kappa shape index (κ1) is 10.5. The van der Waals surface area contributed by atoms with Gasteiger partial charge in [-0.3, -0.25) is 0 Å². The minimum Gasteiger partial charge on any atom is -0.494 e. The van der Waals surface area contributed by atoms with Crippen LogP contribution in [0.3, 0.4) is 0 Å². The van der Waals surface area contributed by atoms with Crippen molar-refractivity contribution >= 4 is 0 Å². The Labute approximate surface area is 91.4 Å². The fourth-order valence-electron chi connectivity index (χ4n) is 2.29. The van der Waals surface area contributed by atoms with Crippen LogP contribution < -0.4 is 10.5 Å². The van der Waals surface area contributed by atoms with E-state index in [1.54, 1.807) is 0 Å². The number of aryl methyl sites for hydroxylation is 2. The number of nitrogens with two attached hydrogens (primary N) is 1. The molecule has 0 heterocycles. The van der Waals surface area contributed by atoms with E-state index in [-0.39, 0.29) is 0 Å². The van der Waals surface area contributed by atoms with Gasteiger partial charge in [0.1, 0.15) is 5.75 Å². The van der Waals surface area contributed by atoms with Crippen LogP contribution in [0.1, 0.15) is 30.0 Å². The van der Waals surface area contributed by atoms with Gasteiger partial charge in [-0.25, -0.2) is 0 Å². The summed E-state index contributed by atoms with van der Waals surface area (Å²) in [5.74, 6) is 1.05. The van der Waals surface area contributed by atoms with Crippen molar-refractivity contribution in [3.05, 3.63) is 28.8 Å². The lowest BCUT2D eigenvalue weighted by Crippen LogP contribution is -2.06. The first-order chi connectivity index (χ1) is 7.35. The van der Waals surface area contributed by atoms with Gasteiger partial charge in [0, 0.05) is 0 Å². The number of hydrogen-bond donors (Lipinski definition) is 1. The fourth-order valence-corrected chi connectivity index (χ4v) is 2.29. The Bertz CT molecular complexity index is 314. The summed E-state index contributed by atoms with van der Waals surface area (Å²) >= 11 is 0. The van der Waals surface area contributed by atoms with Gasteiger partial charge in [-0.15, -0.1) is 0 Å². The van der Waals surface area contributed by atoms with Crippen LogP contribution in [0.5, 0.6) is 5.75 Å². The molecule has 1 aliphatic carbocycles. The molecule has 2 nitrogen and oxygen atoms in total. The topological polar surface area (TPSA) is 35.2 Å². The minimum absolute atomic E-state index is 0.693. The monoisotopic (exact) mass is 205 g/mol. The van der Waals surface area contributed by atoms with Crippen LogP contribution in [0, 0.1) is 0 Å². The van der Waals surface area contributed by atoms with Gasteiger partial charge in [0.15, 0.2) is 0 Å². The first-order valence-electron chi connectivity index (χ1n) is 5.82. The molecular weight excluding hydrogens is 186 g/mol. The van der Waals surface area contributed by atoms with Crippen LogP contribution in [-0.2, 0) is 19.3 Å². The molecular formula is C13H19NO. The molecule has 0 saturated carbocycles. The van der Waals surface area contributed by atoms with Crippen LogP contribution >= 0.6 is 0 Å². The highest BCUT2D eigenvalue weighted by atomic mass is 16.5. The van der Waals surface area contributed by atoms with E-state index in [9.17, 15) is 0 Å². The second kappa shape index (κ2) is 4.67. The Kier molecular flexibility index (Phi) is 3.27. The molecule has 0 unspecified atom stereocenters. The molecule has 2 heteroatoms. The lowest BCUT2D eigenvalue weighted by molar-refractivity contribution is 0.336. The number of rotatable bonds is 4. The van der Waals surface area contributed by atoms with Crippen molar-refractivity contribution in [2.75, 3.05) is 13.2 Å². The average molecular weight is 205 g/mol. The largest absolute Gasteiger partial charge is 0.494 e. The smallest absolute Gasteiger partial charge is 0.122 e. The third-order valence-electron chi connectivity index (χ3n) is 2.99. The van der Waals surface area contributed by atoms with Crippen molar-refractivity contribution in [1.29, 1.82) is 0 Å². The van der Waals surface area contributed by atoms with Crippen molar-refractivity contribution in [2.45, 2.75) is 32.6 Å². The summed E-state index contributed by atoms with van der Waals surface area (Å²) in [6.45, 7) is 3.45. The standard InChI is InChI=1S/C13H19NO/c1-2-15-13-9-11-5-3-4-10(11)8-12(13)6-7-14/h8-9H,2-7,14H2,1H3. The van der Waals surface area contributed by atoms with E-state index in [4.69, 9.17) is 10.5 Å². The summed E-state index contributed by atoms with van der Waals surface area (Å²) in [5.41, 5.74) is 9.87. The second-order valence-corrected chi connectivity index (χ2v) is 4.05. The van der Waals surface area contributed by atoms with Crippen molar-refractivity contribution in [3.8, 4) is 5.75 Å². The highest BCUT2D eigenvalue weighted by Gasteiger charge is 2.14. The molecule has 0 spiro atoms. The molecule has 2 N–H and O–H groups in total. The van der Waals surface area contributed by atoms with Crippen molar-refractivity contribution in [1.82, 2.24) is 0 Å². The molecule has 0 aromatic heterocycles. The molecule has 0 saturated heterocycles. The molecule has 0 amide bonds. The molecule has 0 radical (unpaired) electrons. The van der Waals surface area contributed by atoms with Crippen LogP contribution in [0.4, 0.5) is 0 Å². The van der Waals surface area contributed by atoms with Crippen LogP contribution in [-0.4, -0.2) is 13.2 Å². The Morgan fingerprint density at radius 1 is 1.27 bits per heavy atom. The molecule has 0 aliphatic heterocycles. The maximum atomic E-state index is 5.66. The van der Waals surface area contributed by atoms with E-state index in [2.05, 4.69) is 12.1 Å². The maximum absolute atomic E-state index is 5.66. The van der Waals surface area contributed by atoms with Gasteiger partial charge < -0.3 is 10.5 Å². The zero-order chi connectivity index (χ0) is 10.7. The zero-order valence-corrected chi connectivity index (χ0v) is 9.38. The molecule has 82 valence electrons. The van der Waals surface area contributed by atoms with Gasteiger partial charge in [-0.2, -0.15) is 0 Å². The molecule has 1 aromatic carbocycles. The first-order valence-corrected chi connectivity index (χ1v) is 5.82. The highest BCUT2D eigenvalue weighted by Crippen LogP contribution is 2.30. The van der Waals surface area contributed by atoms with Crippen LogP contribution in [0.2, 0.25) is 0 Å². The lowest BCUT2D eigenvalue weighted by Gasteiger charge is -2.12. The fraction of sp³-hybridized carbons (Fsp3) is 0.538. The van der Waals surface area contributed by atoms with Gasteiger partial charge >= 0.3 is 0 Å². The molecule has 2 rings (SSSR count). The predicted molar refractivity (Wildman–Crippen MR) is 62.4 cm³/mol. The molecule has 0 bridgehead atoms. The molecule has 1 aliphatic rings. The summed E-state index contributed by atoms with van der Waals surface area (Å²) in [7, 11) is 0. The van der Waals surface area contributed by atoms with Gasteiger partial charge in [0.05, 0.1) is 6.61 Å². The van der Waals surface area contributed by atoms with Crippen molar-refractivity contribution in [2.24, 2.45) is 5.73 Å². The van der Waals surface area contributed by atoms with E-state index >= 15 is 0 Å². The Morgan fingerprint density at radius 3 is 2.67 bits per heavy atom. The van der Waals surface area contributed by atoms with E-state index in [1.165, 1.54) is 36.0 Å². The Morgan fingerprint density at radius 2 is 2.00 bits per heavy atom. The molecule has 1 aromatic rings. The quantitative estimate of drug-likeness (QED) is 0.816. The average Bonchev–Trinajstić information content (AvgIpc) is 2.66. The van der Waals surface area contributed by atoms with E-state index in [0.29, 0.717) is 6.54 Å². The predicted octanol–water partition coefficient (Wildman–Crippen LogP) is 2.08. The van der Waals surface area contributed by atoms with Crippen molar-refractivity contribution in [3.63, 3.8) is 0 Å². The molecule has 0 atom stereocenters. The van der Waals surface area contributed by atoms with Gasteiger partial charge in [-0.05, 0) is 61.9 Å². The highest BCUT2D eigenvalue weighted by molar-refractivity contribution is 5.45. The number of fused-ring (bicyclic) bond motifs is 1. The van der Waals surface area contributed by atoms with Gasteiger partial charge in [0.2, 0.25) is 0 Å². The normalized spacial score (nSPS) is 14.0. The number of ether oxygens (including phenoxy) is 1. The van der Waals surface area contributed by atoms with Gasteiger partial charge in [0.25, 0.3) is 0 Å². The summed E-state index contributed by atoms with van der Waals surface area (Å²) in [4.78, 5) is 0. The summed E-state index contributed by atoms with van der Waals surface area (Å²) in [5, 5.41) is 0. The van der Waals surface area contributed by atoms with E-state index in [0.717, 1.165) is 18.8 Å². The van der Waals surface area contributed by atoms with E-state index < -0.39 is 0 Å². The number of benzene rings is 1. The molecule has 15 heavy (non-hydrogen) atoms. The lowest BCUT2D eigenvalue weighted by atomic mass is 10.0. The Balaban J connectivity index is 2.33. The third kappa shape index (κ3) is 2.15. The van der Waals surface area contributed by atoms with Crippen LogP contribution in [0.25, 0.3) is 0 Å². The second-order valence-electron chi connectivity index (χ2n) is 4.05. The Hall–Kier alpha value is -1.02. The summed E-state index contributed by atoms with van der Waals surface area (Å²) in [6, 6.07) is 4.51. The van der Waals surface area contributed by atoms with Gasteiger partial charge in [-0.1, -0.05) is 6.07 Å².